The predicted molar refractivity (Wildman–Crippen MR) is 98.1 cm³/mol. The Hall–Kier alpha value is -1.90. The van der Waals surface area contributed by atoms with Gasteiger partial charge in [0.1, 0.15) is 5.69 Å². The van der Waals surface area contributed by atoms with Crippen LogP contribution in [0.1, 0.15) is 24.2 Å². The summed E-state index contributed by atoms with van der Waals surface area (Å²) in [5.41, 5.74) is -0.118. The van der Waals surface area contributed by atoms with Crippen molar-refractivity contribution < 1.29 is 4.79 Å². The Labute approximate surface area is 147 Å². The van der Waals surface area contributed by atoms with Crippen molar-refractivity contribution >= 4 is 34.2 Å². The minimum atomic E-state index is -0.471. The zero-order valence-corrected chi connectivity index (χ0v) is 15.4. The third-order valence-corrected chi connectivity index (χ3v) is 4.57. The molecule has 1 aromatic heterocycles. The van der Waals surface area contributed by atoms with Crippen molar-refractivity contribution in [1.29, 1.82) is 0 Å². The maximum absolute atomic E-state index is 12.8. The zero-order valence-electron chi connectivity index (χ0n) is 13.2. The van der Waals surface area contributed by atoms with Gasteiger partial charge >= 0.3 is 5.69 Å². The van der Waals surface area contributed by atoms with Crippen LogP contribution < -0.4 is 16.1 Å². The van der Waals surface area contributed by atoms with Gasteiger partial charge in [0.2, 0.25) is 0 Å². The molecule has 0 N–H and O–H groups in total. The Morgan fingerprint density at radius 1 is 1.22 bits per heavy atom. The van der Waals surface area contributed by atoms with Crippen LogP contribution in [0.5, 0.6) is 0 Å². The molecule has 23 heavy (non-hydrogen) atoms. The van der Waals surface area contributed by atoms with E-state index in [4.69, 9.17) is 0 Å². The summed E-state index contributed by atoms with van der Waals surface area (Å²) in [6.07, 6.45) is 1.46. The Kier molecular flexibility index (Phi) is 5.40. The second-order valence-corrected chi connectivity index (χ2v) is 6.14. The molecule has 0 radical (unpaired) electrons. The molecule has 0 unspecified atom stereocenters. The van der Waals surface area contributed by atoms with Crippen LogP contribution in [-0.2, 0) is 13.6 Å². The highest BCUT2D eigenvalue weighted by Gasteiger charge is 2.22. The minimum Gasteiger partial charge on any atom is -0.302 e. The van der Waals surface area contributed by atoms with E-state index in [0.717, 1.165) is 8.14 Å². The van der Waals surface area contributed by atoms with E-state index in [1.807, 2.05) is 19.1 Å². The van der Waals surface area contributed by atoms with Gasteiger partial charge in [0.15, 0.2) is 0 Å². The number of aromatic nitrogens is 2. The Bertz CT molecular complexity index is 854. The van der Waals surface area contributed by atoms with E-state index in [0.29, 0.717) is 18.7 Å². The molecular formula is C16H18IN3O3. The standard InChI is InChI=1S/C16H18IN3O3/c1-4-19-10-13(15(22)18(3)16(19)23)20(5-2)14(21)11-8-6-7-9-12(11)17/h6-10H,4-5H2,1-3H3. The van der Waals surface area contributed by atoms with Gasteiger partial charge < -0.3 is 4.90 Å². The lowest BCUT2D eigenvalue weighted by molar-refractivity contribution is 0.0987. The molecule has 2 aromatic rings. The Balaban J connectivity index is 2.61. The van der Waals surface area contributed by atoms with E-state index < -0.39 is 5.56 Å². The maximum atomic E-state index is 12.8. The van der Waals surface area contributed by atoms with Gasteiger partial charge in [-0.15, -0.1) is 0 Å². The highest BCUT2D eigenvalue weighted by Crippen LogP contribution is 2.17. The van der Waals surface area contributed by atoms with Crippen LogP contribution >= 0.6 is 22.6 Å². The van der Waals surface area contributed by atoms with Crippen molar-refractivity contribution in [2.24, 2.45) is 7.05 Å². The second-order valence-electron chi connectivity index (χ2n) is 4.98. The molecule has 0 fully saturated rings. The average Bonchev–Trinajstić information content (AvgIpc) is 2.55. The predicted octanol–water partition coefficient (Wildman–Crippen LogP) is 1.84. The molecule has 6 nitrogen and oxygen atoms in total. The van der Waals surface area contributed by atoms with Crippen LogP contribution in [-0.4, -0.2) is 21.6 Å². The summed E-state index contributed by atoms with van der Waals surface area (Å²) >= 11 is 2.09. The quantitative estimate of drug-likeness (QED) is 0.700. The third-order valence-electron chi connectivity index (χ3n) is 3.63. The fourth-order valence-corrected chi connectivity index (χ4v) is 2.94. The molecule has 1 aromatic carbocycles. The first-order chi connectivity index (χ1) is 10.9. The molecule has 1 amide bonds. The summed E-state index contributed by atoms with van der Waals surface area (Å²) in [5.74, 6) is -0.254. The van der Waals surface area contributed by atoms with Crippen molar-refractivity contribution in [2.75, 3.05) is 11.4 Å². The van der Waals surface area contributed by atoms with Crippen LogP contribution in [0.15, 0.2) is 40.1 Å². The molecule has 0 spiro atoms. The summed E-state index contributed by atoms with van der Waals surface area (Å²) in [5, 5.41) is 0. The van der Waals surface area contributed by atoms with Crippen LogP contribution in [0, 0.1) is 3.57 Å². The zero-order chi connectivity index (χ0) is 17.1. The number of rotatable bonds is 4. The number of hydrogen-bond donors (Lipinski definition) is 0. The Morgan fingerprint density at radius 2 is 1.87 bits per heavy atom. The third kappa shape index (κ3) is 3.24. The van der Waals surface area contributed by atoms with Crippen molar-refractivity contribution in [3.05, 3.63) is 60.4 Å². The van der Waals surface area contributed by atoms with Crippen molar-refractivity contribution in [1.82, 2.24) is 9.13 Å². The number of halogens is 1. The van der Waals surface area contributed by atoms with Gasteiger partial charge in [-0.05, 0) is 48.6 Å². The molecule has 122 valence electrons. The van der Waals surface area contributed by atoms with Crippen molar-refractivity contribution in [2.45, 2.75) is 20.4 Å². The molecule has 0 aliphatic carbocycles. The molecule has 7 heteroatoms. The SMILES string of the molecule is CCN(C(=O)c1ccccc1I)c1cn(CC)c(=O)n(C)c1=O. The molecule has 0 aliphatic rings. The number of hydrogen-bond acceptors (Lipinski definition) is 3. The first-order valence-electron chi connectivity index (χ1n) is 7.29. The Morgan fingerprint density at radius 3 is 2.43 bits per heavy atom. The molecule has 0 atom stereocenters. The van der Waals surface area contributed by atoms with Crippen LogP contribution in [0.2, 0.25) is 0 Å². The summed E-state index contributed by atoms with van der Waals surface area (Å²) in [6, 6.07) is 7.21. The average molecular weight is 427 g/mol. The molecular weight excluding hydrogens is 409 g/mol. The first kappa shape index (κ1) is 17.5. The fourth-order valence-electron chi connectivity index (χ4n) is 2.32. The van der Waals surface area contributed by atoms with Crippen LogP contribution in [0.3, 0.4) is 0 Å². The summed E-state index contributed by atoms with van der Waals surface area (Å²) in [7, 11) is 1.42. The number of aryl methyl sites for hydroxylation is 1. The summed E-state index contributed by atoms with van der Waals surface area (Å²) in [4.78, 5) is 38.7. The summed E-state index contributed by atoms with van der Waals surface area (Å²) < 4.78 is 3.27. The maximum Gasteiger partial charge on any atom is 0.330 e. The number of nitrogens with zero attached hydrogens (tertiary/aromatic N) is 3. The van der Waals surface area contributed by atoms with Crippen LogP contribution in [0.4, 0.5) is 5.69 Å². The normalized spacial score (nSPS) is 10.6. The molecule has 1 heterocycles. The second kappa shape index (κ2) is 7.12. The molecule has 0 bridgehead atoms. The monoisotopic (exact) mass is 427 g/mol. The van der Waals surface area contributed by atoms with Gasteiger partial charge in [-0.25, -0.2) is 4.79 Å². The lowest BCUT2D eigenvalue weighted by atomic mass is 10.2. The molecule has 2 rings (SSSR count). The van der Waals surface area contributed by atoms with E-state index >= 15 is 0 Å². The van der Waals surface area contributed by atoms with E-state index in [2.05, 4.69) is 22.6 Å². The smallest absolute Gasteiger partial charge is 0.302 e. The van der Waals surface area contributed by atoms with Crippen LogP contribution in [0.25, 0.3) is 0 Å². The van der Waals surface area contributed by atoms with E-state index in [1.165, 1.54) is 22.7 Å². The largest absolute Gasteiger partial charge is 0.330 e. The van der Waals surface area contributed by atoms with Gasteiger partial charge in [-0.2, -0.15) is 0 Å². The van der Waals surface area contributed by atoms with Gasteiger partial charge in [0.25, 0.3) is 11.5 Å². The van der Waals surface area contributed by atoms with Gasteiger partial charge in [0, 0.05) is 29.9 Å². The lowest BCUT2D eigenvalue weighted by Gasteiger charge is -2.22. The number of carbonyl (C=O) groups excluding carboxylic acids is 1. The van der Waals surface area contributed by atoms with Gasteiger partial charge in [-0.1, -0.05) is 12.1 Å². The van der Waals surface area contributed by atoms with E-state index in [1.54, 1.807) is 19.1 Å². The van der Waals surface area contributed by atoms with Gasteiger partial charge in [-0.3, -0.25) is 18.7 Å². The fraction of sp³-hybridized carbons (Fsp3) is 0.312. The lowest BCUT2D eigenvalue weighted by Crippen LogP contribution is -2.43. The summed E-state index contributed by atoms with van der Waals surface area (Å²) in [6.45, 7) is 4.37. The topological polar surface area (TPSA) is 64.3 Å². The molecule has 0 aliphatic heterocycles. The first-order valence-corrected chi connectivity index (χ1v) is 8.37. The molecule has 0 saturated heterocycles. The van der Waals surface area contributed by atoms with Crippen molar-refractivity contribution in [3.63, 3.8) is 0 Å². The highest BCUT2D eigenvalue weighted by atomic mass is 127. The van der Waals surface area contributed by atoms with Gasteiger partial charge in [0.05, 0.1) is 5.56 Å². The van der Waals surface area contributed by atoms with Crippen molar-refractivity contribution in [3.8, 4) is 0 Å². The number of benzene rings is 1. The minimum absolute atomic E-state index is 0.209. The number of carbonyl (C=O) groups is 1. The van der Waals surface area contributed by atoms with E-state index in [9.17, 15) is 14.4 Å². The molecule has 0 saturated carbocycles. The highest BCUT2D eigenvalue weighted by molar-refractivity contribution is 14.1. The van der Waals surface area contributed by atoms with E-state index in [-0.39, 0.29) is 17.3 Å². The number of amides is 1. The number of anilines is 1.